The lowest BCUT2D eigenvalue weighted by atomic mass is 9.90. The Morgan fingerprint density at radius 2 is 2.19 bits per heavy atom. The van der Waals surface area contributed by atoms with Gasteiger partial charge in [0, 0.05) is 11.4 Å². The van der Waals surface area contributed by atoms with Crippen molar-refractivity contribution in [3.8, 4) is 0 Å². The number of hydrogen-bond donors (Lipinski definition) is 1. The van der Waals surface area contributed by atoms with Crippen molar-refractivity contribution in [1.29, 1.82) is 0 Å². The van der Waals surface area contributed by atoms with Gasteiger partial charge in [0.15, 0.2) is 0 Å². The van der Waals surface area contributed by atoms with Crippen LogP contribution in [0.1, 0.15) is 18.1 Å². The lowest BCUT2D eigenvalue weighted by Gasteiger charge is -2.26. The van der Waals surface area contributed by atoms with Gasteiger partial charge in [-0.3, -0.25) is 4.79 Å². The molecule has 16 heavy (non-hydrogen) atoms. The third-order valence-electron chi connectivity index (χ3n) is 2.81. The molecule has 1 aromatic carbocycles. The van der Waals surface area contributed by atoms with Crippen LogP contribution in [0.3, 0.4) is 0 Å². The molecule has 0 spiro atoms. The lowest BCUT2D eigenvalue weighted by Crippen LogP contribution is -2.32. The van der Waals surface area contributed by atoms with Gasteiger partial charge in [0.05, 0.1) is 25.2 Å². The van der Waals surface area contributed by atoms with Crippen LogP contribution in [0.25, 0.3) is 0 Å². The number of ether oxygens (including phenoxy) is 1. The van der Waals surface area contributed by atoms with Gasteiger partial charge in [-0.15, -0.1) is 0 Å². The van der Waals surface area contributed by atoms with Crippen LogP contribution in [0.15, 0.2) is 24.3 Å². The zero-order valence-corrected chi connectivity index (χ0v) is 9.48. The minimum absolute atomic E-state index is 0.0404. The number of hydrogen-bond acceptors (Lipinski definition) is 3. The summed E-state index contributed by atoms with van der Waals surface area (Å²) in [5.41, 5.74) is 0.591. The SMILES string of the molecule is O=C1CCOC[C@@H]1[C@H](O)c1ccccc1Cl. The van der Waals surface area contributed by atoms with E-state index in [9.17, 15) is 9.90 Å². The first kappa shape index (κ1) is 11.6. The summed E-state index contributed by atoms with van der Waals surface area (Å²) in [6.45, 7) is 0.718. The number of benzene rings is 1. The van der Waals surface area contributed by atoms with Crippen molar-refractivity contribution in [2.75, 3.05) is 13.2 Å². The van der Waals surface area contributed by atoms with E-state index in [1.165, 1.54) is 0 Å². The summed E-state index contributed by atoms with van der Waals surface area (Å²) in [6.07, 6.45) is -0.506. The Morgan fingerprint density at radius 3 is 2.88 bits per heavy atom. The fraction of sp³-hybridized carbons (Fsp3) is 0.417. The van der Waals surface area contributed by atoms with E-state index in [1.807, 2.05) is 0 Å². The van der Waals surface area contributed by atoms with Crippen LogP contribution in [-0.2, 0) is 9.53 Å². The van der Waals surface area contributed by atoms with Gasteiger partial charge in [-0.25, -0.2) is 0 Å². The van der Waals surface area contributed by atoms with Gasteiger partial charge in [-0.05, 0) is 11.6 Å². The Morgan fingerprint density at radius 1 is 1.44 bits per heavy atom. The first-order chi connectivity index (χ1) is 7.70. The molecule has 0 bridgehead atoms. The van der Waals surface area contributed by atoms with Crippen molar-refractivity contribution in [1.82, 2.24) is 0 Å². The molecule has 1 aromatic rings. The molecular formula is C12H13ClO3. The fourth-order valence-corrected chi connectivity index (χ4v) is 2.11. The summed E-state index contributed by atoms with van der Waals surface area (Å²) in [5, 5.41) is 10.6. The zero-order chi connectivity index (χ0) is 11.5. The average Bonchev–Trinajstić information content (AvgIpc) is 2.29. The van der Waals surface area contributed by atoms with E-state index in [4.69, 9.17) is 16.3 Å². The normalized spacial score (nSPS) is 23.1. The second kappa shape index (κ2) is 4.95. The quantitative estimate of drug-likeness (QED) is 0.860. The maximum Gasteiger partial charge on any atom is 0.143 e. The standard InChI is InChI=1S/C12H13ClO3/c13-10-4-2-1-3-8(10)12(15)9-7-16-6-5-11(9)14/h1-4,9,12,15H,5-7H2/t9-,12+/m0/s1. The van der Waals surface area contributed by atoms with Gasteiger partial charge in [0.25, 0.3) is 0 Å². The van der Waals surface area contributed by atoms with Crippen LogP contribution >= 0.6 is 11.6 Å². The Hall–Kier alpha value is -0.900. The Balaban J connectivity index is 2.21. The molecule has 0 unspecified atom stereocenters. The number of halogens is 1. The maximum atomic E-state index is 11.6. The monoisotopic (exact) mass is 240 g/mol. The molecule has 1 saturated heterocycles. The zero-order valence-electron chi connectivity index (χ0n) is 8.73. The van der Waals surface area contributed by atoms with Gasteiger partial charge in [-0.1, -0.05) is 29.8 Å². The second-order valence-electron chi connectivity index (χ2n) is 3.86. The summed E-state index contributed by atoms with van der Waals surface area (Å²) in [4.78, 5) is 11.6. The topological polar surface area (TPSA) is 46.5 Å². The third kappa shape index (κ3) is 2.26. The highest BCUT2D eigenvalue weighted by Crippen LogP contribution is 2.30. The molecule has 1 fully saturated rings. The van der Waals surface area contributed by atoms with Crippen LogP contribution in [-0.4, -0.2) is 24.1 Å². The van der Waals surface area contributed by atoms with E-state index < -0.39 is 12.0 Å². The molecule has 2 rings (SSSR count). The number of carbonyl (C=O) groups is 1. The summed E-state index contributed by atoms with van der Waals surface area (Å²) in [7, 11) is 0. The van der Waals surface area contributed by atoms with Crippen molar-refractivity contribution < 1.29 is 14.6 Å². The number of rotatable bonds is 2. The smallest absolute Gasteiger partial charge is 0.143 e. The molecule has 0 aromatic heterocycles. The minimum Gasteiger partial charge on any atom is -0.388 e. The first-order valence-electron chi connectivity index (χ1n) is 5.23. The van der Waals surface area contributed by atoms with Crippen molar-refractivity contribution in [2.24, 2.45) is 5.92 Å². The molecule has 0 radical (unpaired) electrons. The number of Topliss-reactive ketones (excluding diaryl/α,β-unsaturated/α-hetero) is 1. The van der Waals surface area contributed by atoms with Gasteiger partial charge in [0.1, 0.15) is 5.78 Å². The summed E-state index contributed by atoms with van der Waals surface area (Å²) in [5.74, 6) is -0.452. The summed E-state index contributed by atoms with van der Waals surface area (Å²) >= 11 is 5.97. The average molecular weight is 241 g/mol. The number of ketones is 1. The largest absolute Gasteiger partial charge is 0.388 e. The van der Waals surface area contributed by atoms with Crippen LogP contribution < -0.4 is 0 Å². The van der Waals surface area contributed by atoms with E-state index in [-0.39, 0.29) is 12.4 Å². The van der Waals surface area contributed by atoms with Gasteiger partial charge < -0.3 is 9.84 Å². The summed E-state index contributed by atoms with van der Waals surface area (Å²) in [6, 6.07) is 7.01. The van der Waals surface area contributed by atoms with Gasteiger partial charge in [0.2, 0.25) is 0 Å². The highest BCUT2D eigenvalue weighted by atomic mass is 35.5. The van der Waals surface area contributed by atoms with E-state index in [2.05, 4.69) is 0 Å². The van der Waals surface area contributed by atoms with E-state index in [0.29, 0.717) is 23.6 Å². The molecule has 1 aliphatic rings. The van der Waals surface area contributed by atoms with Crippen molar-refractivity contribution in [3.05, 3.63) is 34.9 Å². The molecule has 4 heteroatoms. The molecule has 0 amide bonds. The van der Waals surface area contributed by atoms with E-state index in [0.717, 1.165) is 0 Å². The number of aliphatic hydroxyl groups is 1. The Kier molecular flexibility index (Phi) is 3.59. The lowest BCUT2D eigenvalue weighted by molar-refractivity contribution is -0.136. The van der Waals surface area contributed by atoms with Crippen LogP contribution in [0.4, 0.5) is 0 Å². The predicted molar refractivity (Wildman–Crippen MR) is 60.3 cm³/mol. The van der Waals surface area contributed by atoms with Crippen molar-refractivity contribution in [2.45, 2.75) is 12.5 Å². The Bertz CT molecular complexity index is 392. The first-order valence-corrected chi connectivity index (χ1v) is 5.61. The van der Waals surface area contributed by atoms with Crippen molar-refractivity contribution >= 4 is 17.4 Å². The molecule has 86 valence electrons. The molecule has 2 atom stereocenters. The van der Waals surface area contributed by atoms with Crippen LogP contribution in [0.5, 0.6) is 0 Å². The minimum atomic E-state index is -0.874. The van der Waals surface area contributed by atoms with Crippen LogP contribution in [0.2, 0.25) is 5.02 Å². The Labute approximate surface area is 99.0 Å². The highest BCUT2D eigenvalue weighted by molar-refractivity contribution is 6.31. The molecule has 0 saturated carbocycles. The third-order valence-corrected chi connectivity index (χ3v) is 3.15. The second-order valence-corrected chi connectivity index (χ2v) is 4.27. The molecule has 1 heterocycles. The molecular weight excluding hydrogens is 228 g/mol. The summed E-state index contributed by atoms with van der Waals surface area (Å²) < 4.78 is 5.21. The molecule has 1 aliphatic heterocycles. The number of aliphatic hydroxyl groups excluding tert-OH is 1. The fourth-order valence-electron chi connectivity index (χ4n) is 1.86. The number of carbonyl (C=O) groups excluding carboxylic acids is 1. The molecule has 0 aliphatic carbocycles. The van der Waals surface area contributed by atoms with E-state index >= 15 is 0 Å². The van der Waals surface area contributed by atoms with Gasteiger partial charge in [-0.2, -0.15) is 0 Å². The molecule has 1 N–H and O–H groups in total. The van der Waals surface area contributed by atoms with E-state index in [1.54, 1.807) is 24.3 Å². The van der Waals surface area contributed by atoms with Gasteiger partial charge >= 0.3 is 0 Å². The van der Waals surface area contributed by atoms with Crippen LogP contribution in [0, 0.1) is 5.92 Å². The predicted octanol–water partition coefficient (Wildman–Crippen LogP) is 1.98. The van der Waals surface area contributed by atoms with Crippen molar-refractivity contribution in [3.63, 3.8) is 0 Å². The highest BCUT2D eigenvalue weighted by Gasteiger charge is 2.31. The molecule has 3 nitrogen and oxygen atoms in total. The maximum absolute atomic E-state index is 11.6.